The third-order valence-corrected chi connectivity index (χ3v) is 7.62. The summed E-state index contributed by atoms with van der Waals surface area (Å²) in [6, 6.07) is 17.9. The Bertz CT molecular complexity index is 1320. The van der Waals surface area contributed by atoms with Gasteiger partial charge in [-0.25, -0.2) is 0 Å². The molecule has 7 heteroatoms. The molecule has 2 aromatic carbocycles. The van der Waals surface area contributed by atoms with Gasteiger partial charge in [0.2, 0.25) is 0 Å². The van der Waals surface area contributed by atoms with Crippen molar-refractivity contribution in [3.63, 3.8) is 0 Å². The van der Waals surface area contributed by atoms with Gasteiger partial charge in [0, 0.05) is 35.0 Å². The highest BCUT2D eigenvalue weighted by Crippen LogP contribution is 2.67. The Morgan fingerprint density at radius 1 is 1.00 bits per heavy atom. The third kappa shape index (κ3) is 2.60. The van der Waals surface area contributed by atoms with E-state index in [0.29, 0.717) is 6.04 Å². The molecule has 0 amide bonds. The molecule has 2 heterocycles. The molecule has 2 aliphatic carbocycles. The second kappa shape index (κ2) is 6.65. The molecular weight excluding hydrogens is 398 g/mol. The standard InChI is InChI=1S/C25H29N7/c1-16-28-29-23-20-8-6-5-7-19(20)22(30-32(16)23)27-24(13-14-24)25(15-21(25)31(3)4)17-9-11-18(26-2)12-10-17/h5-12,21,26H,13-15H2,1-4H3,(H,27,30)/t21-,25?/m0/s1. The number of nitrogens with zero attached hydrogens (tertiary/aromatic N) is 5. The number of hydrogen-bond donors (Lipinski definition) is 2. The van der Waals surface area contributed by atoms with E-state index in [1.807, 2.05) is 18.5 Å². The first-order valence-electron chi connectivity index (χ1n) is 11.3. The largest absolute Gasteiger partial charge is 0.388 e. The quantitative estimate of drug-likeness (QED) is 0.487. The van der Waals surface area contributed by atoms with Crippen molar-refractivity contribution in [2.24, 2.45) is 0 Å². The van der Waals surface area contributed by atoms with Gasteiger partial charge in [-0.3, -0.25) is 0 Å². The van der Waals surface area contributed by atoms with Crippen LogP contribution in [0.5, 0.6) is 0 Å². The molecule has 2 fully saturated rings. The maximum absolute atomic E-state index is 4.98. The molecular formula is C25H29N7. The lowest BCUT2D eigenvalue weighted by Crippen LogP contribution is -2.42. The molecule has 2 saturated carbocycles. The van der Waals surface area contributed by atoms with Crippen molar-refractivity contribution in [2.45, 2.75) is 43.2 Å². The maximum atomic E-state index is 4.98. The monoisotopic (exact) mass is 427 g/mol. The number of likely N-dealkylation sites (N-methyl/N-ethyl adjacent to an activating group) is 1. The maximum Gasteiger partial charge on any atom is 0.185 e. The Hall–Kier alpha value is -3.19. The number of hydrogen-bond acceptors (Lipinski definition) is 6. The van der Waals surface area contributed by atoms with Gasteiger partial charge in [0.05, 0.1) is 5.54 Å². The molecule has 0 bridgehead atoms. The van der Waals surface area contributed by atoms with E-state index in [9.17, 15) is 0 Å². The van der Waals surface area contributed by atoms with Crippen LogP contribution in [0.25, 0.3) is 16.4 Å². The first kappa shape index (κ1) is 19.5. The lowest BCUT2D eigenvalue weighted by Gasteiger charge is -2.32. The van der Waals surface area contributed by atoms with E-state index >= 15 is 0 Å². The van der Waals surface area contributed by atoms with Crippen LogP contribution in [0.3, 0.4) is 0 Å². The van der Waals surface area contributed by atoms with Crippen LogP contribution in [0.2, 0.25) is 0 Å². The van der Waals surface area contributed by atoms with Crippen LogP contribution in [0.1, 0.15) is 30.7 Å². The molecule has 2 atom stereocenters. The van der Waals surface area contributed by atoms with Crippen LogP contribution in [-0.2, 0) is 5.41 Å². The van der Waals surface area contributed by atoms with Crippen molar-refractivity contribution in [2.75, 3.05) is 31.8 Å². The SMILES string of the molecule is CNc1ccc(C2(C3(Nc4nn5c(C)nnc5c5ccccc45)CC3)C[C@@H]2N(C)C)cc1. The summed E-state index contributed by atoms with van der Waals surface area (Å²) in [5.74, 6) is 1.72. The van der Waals surface area contributed by atoms with Gasteiger partial charge in [0.1, 0.15) is 0 Å². The van der Waals surface area contributed by atoms with E-state index in [-0.39, 0.29) is 11.0 Å². The highest BCUT2D eigenvalue weighted by atomic mass is 15.4. The fraction of sp³-hybridized carbons (Fsp3) is 0.400. The van der Waals surface area contributed by atoms with Crippen LogP contribution in [0.4, 0.5) is 11.5 Å². The first-order chi connectivity index (χ1) is 15.5. The predicted molar refractivity (Wildman–Crippen MR) is 128 cm³/mol. The zero-order valence-corrected chi connectivity index (χ0v) is 19.1. The van der Waals surface area contributed by atoms with E-state index in [1.54, 1.807) is 0 Å². The summed E-state index contributed by atoms with van der Waals surface area (Å²) in [7, 11) is 6.36. The smallest absolute Gasteiger partial charge is 0.185 e. The topological polar surface area (TPSA) is 70.4 Å². The Balaban J connectivity index is 1.47. The molecule has 6 rings (SSSR count). The minimum absolute atomic E-state index is 0.00550. The molecule has 0 radical (unpaired) electrons. The summed E-state index contributed by atoms with van der Waals surface area (Å²) in [5.41, 5.74) is 3.43. The number of rotatable bonds is 6. The minimum atomic E-state index is -0.00550. The number of aryl methyl sites for hydroxylation is 1. The highest BCUT2D eigenvalue weighted by molar-refractivity contribution is 6.00. The van der Waals surface area contributed by atoms with Gasteiger partial charge in [0.15, 0.2) is 17.3 Å². The molecule has 164 valence electrons. The Morgan fingerprint density at radius 3 is 2.34 bits per heavy atom. The van der Waals surface area contributed by atoms with Gasteiger partial charge in [-0.15, -0.1) is 15.3 Å². The fourth-order valence-electron chi connectivity index (χ4n) is 5.72. The third-order valence-electron chi connectivity index (χ3n) is 7.62. The van der Waals surface area contributed by atoms with Crippen molar-refractivity contribution in [3.8, 4) is 0 Å². The minimum Gasteiger partial charge on any atom is -0.388 e. The van der Waals surface area contributed by atoms with E-state index in [4.69, 9.17) is 5.10 Å². The summed E-state index contributed by atoms with van der Waals surface area (Å²) in [6.45, 7) is 1.95. The molecule has 0 spiro atoms. The van der Waals surface area contributed by atoms with Crippen molar-refractivity contribution in [1.82, 2.24) is 24.7 Å². The molecule has 7 nitrogen and oxygen atoms in total. The summed E-state index contributed by atoms with van der Waals surface area (Å²) in [6.07, 6.45) is 3.43. The van der Waals surface area contributed by atoms with Gasteiger partial charge in [0.25, 0.3) is 0 Å². The second-order valence-electron chi connectivity index (χ2n) is 9.57. The Kier molecular flexibility index (Phi) is 4.05. The van der Waals surface area contributed by atoms with E-state index in [1.165, 1.54) is 5.56 Å². The van der Waals surface area contributed by atoms with Crippen molar-refractivity contribution >= 4 is 27.9 Å². The highest BCUT2D eigenvalue weighted by Gasteiger charge is 2.73. The van der Waals surface area contributed by atoms with Gasteiger partial charge in [-0.1, -0.05) is 36.4 Å². The molecule has 2 N–H and O–H groups in total. The second-order valence-corrected chi connectivity index (χ2v) is 9.57. The zero-order chi connectivity index (χ0) is 22.1. The van der Waals surface area contributed by atoms with Gasteiger partial charge in [-0.2, -0.15) is 4.52 Å². The predicted octanol–water partition coefficient (Wildman–Crippen LogP) is 3.84. The van der Waals surface area contributed by atoms with Gasteiger partial charge >= 0.3 is 0 Å². The van der Waals surface area contributed by atoms with Crippen molar-refractivity contribution in [1.29, 1.82) is 0 Å². The fourth-order valence-corrected chi connectivity index (χ4v) is 5.72. The van der Waals surface area contributed by atoms with E-state index in [2.05, 4.69) is 88.4 Å². The number of benzene rings is 2. The average Bonchev–Trinajstić information content (AvgIpc) is 3.72. The lowest BCUT2D eigenvalue weighted by atomic mass is 9.84. The van der Waals surface area contributed by atoms with Crippen LogP contribution in [0, 0.1) is 6.92 Å². The van der Waals surface area contributed by atoms with Crippen LogP contribution in [-0.4, -0.2) is 57.4 Å². The van der Waals surface area contributed by atoms with Gasteiger partial charge in [-0.05, 0) is 58.0 Å². The summed E-state index contributed by atoms with van der Waals surface area (Å²) >= 11 is 0. The van der Waals surface area contributed by atoms with Crippen LogP contribution >= 0.6 is 0 Å². The van der Waals surface area contributed by atoms with Crippen LogP contribution < -0.4 is 10.6 Å². The molecule has 32 heavy (non-hydrogen) atoms. The normalized spacial score (nSPS) is 23.6. The zero-order valence-electron chi connectivity index (χ0n) is 19.1. The molecule has 2 aromatic heterocycles. The summed E-state index contributed by atoms with van der Waals surface area (Å²) < 4.78 is 1.87. The summed E-state index contributed by atoms with van der Waals surface area (Å²) in [4.78, 5) is 2.38. The van der Waals surface area contributed by atoms with E-state index < -0.39 is 0 Å². The van der Waals surface area contributed by atoms with Crippen molar-refractivity contribution in [3.05, 3.63) is 59.9 Å². The molecule has 0 saturated heterocycles. The Morgan fingerprint density at radius 2 is 1.72 bits per heavy atom. The number of nitrogens with one attached hydrogen (secondary N) is 2. The molecule has 2 aliphatic rings. The van der Waals surface area contributed by atoms with Crippen LogP contribution in [0.15, 0.2) is 48.5 Å². The number of aromatic nitrogens is 4. The van der Waals surface area contributed by atoms with Crippen molar-refractivity contribution < 1.29 is 0 Å². The van der Waals surface area contributed by atoms with E-state index in [0.717, 1.165) is 53.0 Å². The molecule has 1 unspecified atom stereocenters. The number of fused-ring (bicyclic) bond motifs is 3. The Labute approximate surface area is 187 Å². The molecule has 0 aliphatic heterocycles. The average molecular weight is 428 g/mol. The summed E-state index contributed by atoms with van der Waals surface area (Å²) in [5, 5.41) is 23.0. The first-order valence-corrected chi connectivity index (χ1v) is 11.3. The molecule has 4 aromatic rings. The van der Waals surface area contributed by atoms with Gasteiger partial charge < -0.3 is 15.5 Å². The lowest BCUT2D eigenvalue weighted by molar-refractivity contribution is 0.339. The number of anilines is 2.